The molecule has 0 bridgehead atoms. The molecule has 2 aromatic rings. The lowest BCUT2D eigenvalue weighted by molar-refractivity contribution is -0.151. The highest BCUT2D eigenvalue weighted by Crippen LogP contribution is 2.35. The van der Waals surface area contributed by atoms with Crippen LogP contribution in [0.4, 0.5) is 0 Å². The number of rotatable bonds is 5. The Morgan fingerprint density at radius 1 is 1.42 bits per heavy atom. The van der Waals surface area contributed by atoms with Gasteiger partial charge < -0.3 is 14.3 Å². The molecule has 0 radical (unpaired) electrons. The number of carbonyl (C=O) groups excluding carboxylic acids is 1. The molecule has 1 aromatic carbocycles. The minimum Gasteiger partial charge on any atom is -0.478 e. The predicted octanol–water partition coefficient (Wildman–Crippen LogP) is 2.01. The molecule has 0 aliphatic heterocycles. The number of ether oxygens (including phenoxy) is 1. The number of carboxylic acid groups (broad SMARTS) is 1. The molecule has 0 aliphatic carbocycles. The van der Waals surface area contributed by atoms with E-state index in [9.17, 15) is 20.1 Å². The van der Waals surface area contributed by atoms with Gasteiger partial charge in [-0.3, -0.25) is 4.79 Å². The largest absolute Gasteiger partial charge is 0.478 e. The first-order chi connectivity index (χ1) is 11.4. The van der Waals surface area contributed by atoms with Crippen molar-refractivity contribution in [2.45, 2.75) is 19.3 Å². The van der Waals surface area contributed by atoms with Crippen LogP contribution in [0.15, 0.2) is 22.6 Å². The van der Waals surface area contributed by atoms with Crippen LogP contribution in [-0.2, 0) is 14.9 Å². The number of carbonyl (C=O) groups is 2. The monoisotopic (exact) mass is 327 g/mol. The van der Waals surface area contributed by atoms with E-state index in [1.165, 1.54) is 25.1 Å². The number of aromatic nitrogens is 1. The van der Waals surface area contributed by atoms with Gasteiger partial charge in [-0.25, -0.2) is 9.78 Å². The molecule has 1 unspecified atom stereocenters. The van der Waals surface area contributed by atoms with Gasteiger partial charge in [-0.1, -0.05) is 0 Å². The molecule has 1 N–H and O–H groups in total. The van der Waals surface area contributed by atoms with Gasteiger partial charge in [-0.2, -0.15) is 10.5 Å². The number of fused-ring (bicyclic) bond motifs is 1. The minimum absolute atomic E-state index is 0.00250. The van der Waals surface area contributed by atoms with E-state index in [4.69, 9.17) is 14.3 Å². The summed E-state index contributed by atoms with van der Waals surface area (Å²) in [5.41, 5.74) is -1.30. The van der Waals surface area contributed by atoms with Crippen molar-refractivity contribution in [1.82, 2.24) is 4.98 Å². The number of hydrogen-bond donors (Lipinski definition) is 1. The number of nitrogens with zero attached hydrogens (tertiary/aromatic N) is 3. The highest BCUT2D eigenvalue weighted by atomic mass is 16.5. The van der Waals surface area contributed by atoms with Crippen molar-refractivity contribution in [3.05, 3.63) is 29.7 Å². The maximum absolute atomic E-state index is 12.4. The fourth-order valence-corrected chi connectivity index (χ4v) is 2.18. The van der Waals surface area contributed by atoms with Gasteiger partial charge >= 0.3 is 11.9 Å². The first-order valence-electron chi connectivity index (χ1n) is 6.99. The third-order valence-corrected chi connectivity index (χ3v) is 3.61. The lowest BCUT2D eigenvalue weighted by Gasteiger charge is -2.24. The molecule has 8 heteroatoms. The Hall–Kier alpha value is -3.39. The maximum atomic E-state index is 12.4. The topological polar surface area (TPSA) is 137 Å². The molecule has 0 saturated heterocycles. The van der Waals surface area contributed by atoms with E-state index in [-0.39, 0.29) is 29.2 Å². The summed E-state index contributed by atoms with van der Waals surface area (Å²) in [6.07, 6.45) is 0. The highest BCUT2D eigenvalue weighted by Gasteiger charge is 2.49. The van der Waals surface area contributed by atoms with E-state index in [0.29, 0.717) is 0 Å². The van der Waals surface area contributed by atoms with Crippen LogP contribution < -0.4 is 0 Å². The van der Waals surface area contributed by atoms with Gasteiger partial charge in [0.05, 0.1) is 24.3 Å². The van der Waals surface area contributed by atoms with Crippen LogP contribution in [0.5, 0.6) is 0 Å². The van der Waals surface area contributed by atoms with Crippen LogP contribution in [0.1, 0.15) is 30.1 Å². The Morgan fingerprint density at radius 3 is 2.62 bits per heavy atom. The molecular formula is C16H13N3O5. The SMILES string of the molecule is CCOC(=O)C(C)(c1nc2cc(C(=O)O)ccc2o1)C(C#N)C#N. The second kappa shape index (κ2) is 6.39. The third kappa shape index (κ3) is 2.66. The average molecular weight is 327 g/mol. The molecule has 0 aliphatic rings. The van der Waals surface area contributed by atoms with Crippen molar-refractivity contribution < 1.29 is 23.8 Å². The molecule has 24 heavy (non-hydrogen) atoms. The molecular weight excluding hydrogens is 314 g/mol. The standard InChI is InChI=1S/C16H13N3O5/c1-3-23-15(22)16(2,10(7-17)8-18)14-19-11-6-9(13(20)21)4-5-12(11)24-14/h4-6,10H,3H2,1-2H3,(H,20,21). The summed E-state index contributed by atoms with van der Waals surface area (Å²) in [6, 6.07) is 7.50. The Morgan fingerprint density at radius 2 is 2.08 bits per heavy atom. The van der Waals surface area contributed by atoms with E-state index >= 15 is 0 Å². The highest BCUT2D eigenvalue weighted by molar-refractivity contribution is 5.92. The molecule has 0 saturated carbocycles. The molecule has 0 amide bonds. The van der Waals surface area contributed by atoms with Gasteiger partial charge in [0.2, 0.25) is 5.89 Å². The van der Waals surface area contributed by atoms with E-state index in [1.54, 1.807) is 19.1 Å². The van der Waals surface area contributed by atoms with Crippen LogP contribution in [0, 0.1) is 28.6 Å². The predicted molar refractivity (Wildman–Crippen MR) is 79.7 cm³/mol. The van der Waals surface area contributed by atoms with E-state index in [2.05, 4.69) is 4.98 Å². The number of aromatic carboxylic acids is 1. The van der Waals surface area contributed by atoms with Crippen molar-refractivity contribution >= 4 is 23.0 Å². The van der Waals surface area contributed by atoms with Crippen LogP contribution in [0.2, 0.25) is 0 Å². The zero-order valence-electron chi connectivity index (χ0n) is 12.9. The number of oxazole rings is 1. The van der Waals surface area contributed by atoms with E-state index in [1.807, 2.05) is 0 Å². The fourth-order valence-electron chi connectivity index (χ4n) is 2.18. The fraction of sp³-hybridized carbons (Fsp3) is 0.312. The molecule has 1 atom stereocenters. The van der Waals surface area contributed by atoms with Crippen molar-refractivity contribution in [3.8, 4) is 12.1 Å². The quantitative estimate of drug-likeness (QED) is 0.823. The molecule has 0 fully saturated rings. The Balaban J connectivity index is 2.64. The van der Waals surface area contributed by atoms with Crippen LogP contribution in [-0.4, -0.2) is 28.6 Å². The first kappa shape index (κ1) is 17.0. The summed E-state index contributed by atoms with van der Waals surface area (Å²) in [5.74, 6) is -3.51. The Labute approximate surface area is 136 Å². The zero-order chi connectivity index (χ0) is 17.9. The van der Waals surface area contributed by atoms with E-state index < -0.39 is 23.3 Å². The number of carboxylic acids is 1. The third-order valence-electron chi connectivity index (χ3n) is 3.61. The molecule has 8 nitrogen and oxygen atoms in total. The number of benzene rings is 1. The lowest BCUT2D eigenvalue weighted by Crippen LogP contribution is -2.41. The van der Waals surface area contributed by atoms with Crippen molar-refractivity contribution in [3.63, 3.8) is 0 Å². The van der Waals surface area contributed by atoms with Gasteiger partial charge in [0.1, 0.15) is 5.52 Å². The first-order valence-corrected chi connectivity index (χ1v) is 6.99. The molecule has 2 rings (SSSR count). The normalized spacial score (nSPS) is 13.0. The van der Waals surface area contributed by atoms with Crippen molar-refractivity contribution in [2.75, 3.05) is 6.61 Å². The van der Waals surface area contributed by atoms with Gasteiger partial charge in [-0.05, 0) is 32.0 Å². The Bertz CT molecular complexity index is 875. The maximum Gasteiger partial charge on any atom is 0.335 e. The summed E-state index contributed by atoms with van der Waals surface area (Å²) < 4.78 is 10.5. The number of esters is 1. The van der Waals surface area contributed by atoms with Crippen molar-refractivity contribution in [1.29, 1.82) is 10.5 Å². The lowest BCUT2D eigenvalue weighted by atomic mass is 9.78. The van der Waals surface area contributed by atoms with Gasteiger partial charge in [0.25, 0.3) is 0 Å². The van der Waals surface area contributed by atoms with Gasteiger partial charge in [-0.15, -0.1) is 0 Å². The van der Waals surface area contributed by atoms with Gasteiger partial charge in [0.15, 0.2) is 16.9 Å². The van der Waals surface area contributed by atoms with Crippen LogP contribution >= 0.6 is 0 Å². The average Bonchev–Trinajstić information content (AvgIpc) is 2.99. The zero-order valence-corrected chi connectivity index (χ0v) is 12.9. The van der Waals surface area contributed by atoms with Crippen molar-refractivity contribution in [2.24, 2.45) is 5.92 Å². The van der Waals surface area contributed by atoms with Gasteiger partial charge in [0, 0.05) is 0 Å². The molecule has 122 valence electrons. The minimum atomic E-state index is -1.73. The number of hydrogen-bond acceptors (Lipinski definition) is 7. The second-order valence-electron chi connectivity index (χ2n) is 5.12. The molecule has 0 spiro atoms. The molecule has 1 heterocycles. The Kier molecular flexibility index (Phi) is 4.52. The van der Waals surface area contributed by atoms with E-state index in [0.717, 1.165) is 0 Å². The summed E-state index contributed by atoms with van der Waals surface area (Å²) in [7, 11) is 0. The smallest absolute Gasteiger partial charge is 0.335 e. The summed E-state index contributed by atoms with van der Waals surface area (Å²) in [4.78, 5) is 27.5. The van der Waals surface area contributed by atoms with Crippen LogP contribution in [0.25, 0.3) is 11.1 Å². The second-order valence-corrected chi connectivity index (χ2v) is 5.12. The number of nitriles is 2. The summed E-state index contributed by atoms with van der Waals surface area (Å²) >= 11 is 0. The molecule has 1 aromatic heterocycles. The summed E-state index contributed by atoms with van der Waals surface area (Å²) in [5, 5.41) is 27.4. The van der Waals surface area contributed by atoms with Crippen LogP contribution in [0.3, 0.4) is 0 Å². The summed E-state index contributed by atoms with van der Waals surface area (Å²) in [6.45, 7) is 2.99.